The largest absolute Gasteiger partial charge is 0.484 e. The Morgan fingerprint density at radius 1 is 1.20 bits per heavy atom. The number of aromatic nitrogens is 2. The van der Waals surface area contributed by atoms with Crippen molar-refractivity contribution in [2.75, 3.05) is 23.8 Å². The van der Waals surface area contributed by atoms with Crippen LogP contribution in [0.4, 0.5) is 11.5 Å². The van der Waals surface area contributed by atoms with Crippen LogP contribution in [0.25, 0.3) is 0 Å². The minimum absolute atomic E-state index is 0.0278. The van der Waals surface area contributed by atoms with Crippen LogP contribution in [0.3, 0.4) is 0 Å². The summed E-state index contributed by atoms with van der Waals surface area (Å²) in [6.45, 7) is 4.24. The Morgan fingerprint density at radius 3 is 2.47 bits per heavy atom. The predicted octanol–water partition coefficient (Wildman–Crippen LogP) is 2.00. The summed E-state index contributed by atoms with van der Waals surface area (Å²) in [5, 5.41) is 8.86. The van der Waals surface area contributed by atoms with Crippen molar-refractivity contribution < 1.29 is 9.53 Å². The molecule has 0 aliphatic carbocycles. The number of ether oxygens (including phenoxy) is 1. The van der Waals surface area contributed by atoms with Gasteiger partial charge in [-0.3, -0.25) is 19.1 Å². The normalized spacial score (nSPS) is 10.4. The maximum absolute atomic E-state index is 12.9. The van der Waals surface area contributed by atoms with Crippen molar-refractivity contribution >= 4 is 17.4 Å². The number of amides is 1. The molecular formula is C21H27N5O4. The Hall–Kier alpha value is -3.54. The number of carbonyl (C=O) groups is 1. The van der Waals surface area contributed by atoms with E-state index < -0.39 is 17.2 Å². The molecule has 2 aromatic rings. The fourth-order valence-electron chi connectivity index (χ4n) is 2.90. The van der Waals surface area contributed by atoms with Gasteiger partial charge in [0.15, 0.2) is 12.3 Å². The molecular weight excluding hydrogens is 386 g/mol. The van der Waals surface area contributed by atoms with E-state index in [0.717, 1.165) is 12.8 Å². The van der Waals surface area contributed by atoms with E-state index in [2.05, 4.69) is 4.98 Å². The highest BCUT2D eigenvalue weighted by Gasteiger charge is 2.24. The van der Waals surface area contributed by atoms with Crippen LogP contribution in [-0.2, 0) is 11.3 Å². The first kappa shape index (κ1) is 22.7. The molecule has 0 saturated carbocycles. The molecule has 2 rings (SSSR count). The highest BCUT2D eigenvalue weighted by atomic mass is 16.5. The number of rotatable bonds is 10. The first-order chi connectivity index (χ1) is 14.4. The Balaban J connectivity index is 2.31. The number of nitrogens with zero attached hydrogens (tertiary/aromatic N) is 3. The molecule has 1 aromatic heterocycles. The van der Waals surface area contributed by atoms with Crippen molar-refractivity contribution in [1.82, 2.24) is 9.55 Å². The topological polar surface area (TPSA) is 134 Å². The van der Waals surface area contributed by atoms with Crippen LogP contribution >= 0.6 is 0 Å². The maximum atomic E-state index is 12.9. The zero-order chi connectivity index (χ0) is 22.1. The van der Waals surface area contributed by atoms with Gasteiger partial charge in [0.25, 0.3) is 11.5 Å². The van der Waals surface area contributed by atoms with E-state index in [1.807, 2.05) is 19.9 Å². The number of carbonyl (C=O) groups excluding carboxylic acids is 1. The molecule has 0 radical (unpaired) electrons. The van der Waals surface area contributed by atoms with Gasteiger partial charge in [0.1, 0.15) is 11.6 Å². The number of unbranched alkanes of at least 4 members (excludes halogenated alkanes) is 2. The van der Waals surface area contributed by atoms with Crippen LogP contribution in [0.2, 0.25) is 0 Å². The Labute approximate surface area is 174 Å². The standard InChI is InChI=1S/C21H27N5O4/c1-3-5-11-25(17(27)14-30-16-9-7-15(13-22)8-10-16)18-19(23)26(12-6-4-2)21(29)24-20(18)28/h7-10H,3-6,11-12,14,23H2,1-2H3,(H,24,28,29). The van der Waals surface area contributed by atoms with Crippen LogP contribution in [-0.4, -0.2) is 28.6 Å². The van der Waals surface area contributed by atoms with Crippen molar-refractivity contribution in [3.63, 3.8) is 0 Å². The summed E-state index contributed by atoms with van der Waals surface area (Å²) >= 11 is 0. The lowest BCUT2D eigenvalue weighted by Crippen LogP contribution is -2.43. The van der Waals surface area contributed by atoms with Crippen molar-refractivity contribution in [1.29, 1.82) is 5.26 Å². The first-order valence-electron chi connectivity index (χ1n) is 9.98. The second kappa shape index (κ2) is 10.9. The third-order valence-corrected chi connectivity index (χ3v) is 4.60. The van der Waals surface area contributed by atoms with Gasteiger partial charge in [-0.05, 0) is 37.1 Å². The van der Waals surface area contributed by atoms with Crippen LogP contribution in [0.1, 0.15) is 45.1 Å². The van der Waals surface area contributed by atoms with Gasteiger partial charge in [0.2, 0.25) is 0 Å². The van der Waals surface area contributed by atoms with Gasteiger partial charge in [-0.2, -0.15) is 5.26 Å². The smallest absolute Gasteiger partial charge is 0.330 e. The van der Waals surface area contributed by atoms with E-state index >= 15 is 0 Å². The Kier molecular flexibility index (Phi) is 8.23. The molecule has 0 saturated heterocycles. The molecule has 0 spiro atoms. The minimum Gasteiger partial charge on any atom is -0.484 e. The number of nitrogen functional groups attached to an aromatic ring is 1. The van der Waals surface area contributed by atoms with Gasteiger partial charge in [-0.15, -0.1) is 0 Å². The molecule has 160 valence electrons. The van der Waals surface area contributed by atoms with Crippen LogP contribution in [0, 0.1) is 11.3 Å². The molecule has 0 aliphatic rings. The molecule has 9 heteroatoms. The molecule has 0 unspecified atom stereocenters. The molecule has 0 atom stereocenters. The van der Waals surface area contributed by atoms with E-state index in [1.165, 1.54) is 9.47 Å². The molecule has 1 aromatic carbocycles. The average molecular weight is 413 g/mol. The van der Waals surface area contributed by atoms with E-state index in [1.54, 1.807) is 24.3 Å². The summed E-state index contributed by atoms with van der Waals surface area (Å²) in [6.07, 6.45) is 3.00. The second-order valence-corrected chi connectivity index (χ2v) is 6.82. The van der Waals surface area contributed by atoms with Crippen molar-refractivity contribution in [2.45, 2.75) is 46.1 Å². The lowest BCUT2D eigenvalue weighted by molar-refractivity contribution is -0.120. The first-order valence-corrected chi connectivity index (χ1v) is 9.98. The molecule has 0 bridgehead atoms. The lowest BCUT2D eigenvalue weighted by atomic mass is 10.2. The fraction of sp³-hybridized carbons (Fsp3) is 0.429. The van der Waals surface area contributed by atoms with Crippen LogP contribution < -0.4 is 26.6 Å². The third kappa shape index (κ3) is 5.50. The number of hydrogen-bond acceptors (Lipinski definition) is 6. The lowest BCUT2D eigenvalue weighted by Gasteiger charge is -2.24. The Morgan fingerprint density at radius 2 is 1.87 bits per heavy atom. The van der Waals surface area contributed by atoms with Gasteiger partial charge < -0.3 is 15.4 Å². The minimum atomic E-state index is -0.701. The highest BCUT2D eigenvalue weighted by Crippen LogP contribution is 2.19. The molecule has 9 nitrogen and oxygen atoms in total. The molecule has 0 fully saturated rings. The zero-order valence-electron chi connectivity index (χ0n) is 17.3. The molecule has 1 amide bonds. The number of nitrogens with two attached hydrogens (primary N) is 1. The van der Waals surface area contributed by atoms with Crippen molar-refractivity contribution in [3.05, 3.63) is 50.7 Å². The van der Waals surface area contributed by atoms with Gasteiger partial charge in [-0.25, -0.2) is 4.79 Å². The Bertz CT molecular complexity index is 1020. The summed E-state index contributed by atoms with van der Waals surface area (Å²) in [4.78, 5) is 41.1. The maximum Gasteiger partial charge on any atom is 0.330 e. The van der Waals surface area contributed by atoms with E-state index in [0.29, 0.717) is 30.7 Å². The average Bonchev–Trinajstić information content (AvgIpc) is 2.74. The summed E-state index contributed by atoms with van der Waals surface area (Å²) in [7, 11) is 0. The van der Waals surface area contributed by atoms with Gasteiger partial charge in [0, 0.05) is 13.1 Å². The number of nitriles is 1. The monoisotopic (exact) mass is 413 g/mol. The van der Waals surface area contributed by atoms with Crippen molar-refractivity contribution in [3.8, 4) is 11.8 Å². The summed E-state index contributed by atoms with van der Waals surface area (Å²) in [5.74, 6) is -0.0571. The number of nitrogens with one attached hydrogen (secondary N) is 1. The highest BCUT2D eigenvalue weighted by molar-refractivity contribution is 5.96. The van der Waals surface area contributed by atoms with Crippen molar-refractivity contribution in [2.24, 2.45) is 0 Å². The molecule has 3 N–H and O–H groups in total. The van der Waals surface area contributed by atoms with Gasteiger partial charge in [0.05, 0.1) is 11.6 Å². The number of aromatic amines is 1. The predicted molar refractivity (Wildman–Crippen MR) is 115 cm³/mol. The summed E-state index contributed by atoms with van der Waals surface area (Å²) in [5.41, 5.74) is 5.30. The molecule has 30 heavy (non-hydrogen) atoms. The third-order valence-electron chi connectivity index (χ3n) is 4.60. The van der Waals surface area contributed by atoms with Gasteiger partial charge in [-0.1, -0.05) is 26.7 Å². The zero-order valence-corrected chi connectivity index (χ0v) is 17.3. The quantitative estimate of drug-likeness (QED) is 0.612. The van der Waals surface area contributed by atoms with Gasteiger partial charge >= 0.3 is 5.69 Å². The number of H-pyrrole nitrogens is 1. The second-order valence-electron chi connectivity index (χ2n) is 6.82. The van der Waals surface area contributed by atoms with Crippen LogP contribution in [0.15, 0.2) is 33.9 Å². The number of hydrogen-bond donors (Lipinski definition) is 2. The summed E-state index contributed by atoms with van der Waals surface area (Å²) < 4.78 is 6.81. The van der Waals surface area contributed by atoms with E-state index in [9.17, 15) is 14.4 Å². The van der Waals surface area contributed by atoms with Crippen LogP contribution in [0.5, 0.6) is 5.75 Å². The fourth-order valence-corrected chi connectivity index (χ4v) is 2.90. The van der Waals surface area contributed by atoms with E-state index in [4.69, 9.17) is 15.7 Å². The SMILES string of the molecule is CCCCN(C(=O)COc1ccc(C#N)cc1)c1c(N)n(CCCC)c(=O)[nH]c1=O. The number of anilines is 2. The number of benzene rings is 1. The summed E-state index contributed by atoms with van der Waals surface area (Å²) in [6, 6.07) is 8.36. The molecule has 0 aliphatic heterocycles. The van der Waals surface area contributed by atoms with E-state index in [-0.39, 0.29) is 24.7 Å². The molecule has 1 heterocycles.